The number of phosphoric acid groups is 1. The van der Waals surface area contributed by atoms with Gasteiger partial charge in [0.25, 0.3) is 0 Å². The van der Waals surface area contributed by atoms with E-state index < -0.39 is 32.0 Å². The van der Waals surface area contributed by atoms with Gasteiger partial charge < -0.3 is 26.2 Å². The van der Waals surface area contributed by atoms with Crippen LogP contribution >= 0.6 is 7.82 Å². The van der Waals surface area contributed by atoms with E-state index in [-0.39, 0.29) is 26.2 Å². The van der Waals surface area contributed by atoms with Gasteiger partial charge in [0.1, 0.15) is 0 Å². The average molecular weight is 859 g/mol. The second-order valence-electron chi connectivity index (χ2n) is 17.6. The minimum atomic E-state index is -4.38. The summed E-state index contributed by atoms with van der Waals surface area (Å²) in [5, 5.41) is 24.3. The van der Waals surface area contributed by atoms with Crippen LogP contribution in [-0.4, -0.2) is 59.0 Å². The van der Waals surface area contributed by atoms with E-state index >= 15 is 0 Å². The summed E-state index contributed by atoms with van der Waals surface area (Å²) in [5.41, 5.74) is 5.39. The second kappa shape index (κ2) is 45.2. The molecule has 0 fully saturated rings. The number of aliphatic hydroxyl groups excluding tert-OH is 2. The Kier molecular flexibility index (Phi) is 44.6. The maximum absolute atomic E-state index is 12.9. The van der Waals surface area contributed by atoms with Crippen LogP contribution in [0.4, 0.5) is 0 Å². The Balaban J connectivity index is 4.15. The molecule has 4 atom stereocenters. The molecule has 1 amide bonds. The van der Waals surface area contributed by atoms with E-state index in [1.165, 1.54) is 180 Å². The van der Waals surface area contributed by atoms with Crippen molar-refractivity contribution in [2.75, 3.05) is 19.8 Å². The minimum absolute atomic E-state index is 0.0603. The van der Waals surface area contributed by atoms with E-state index in [2.05, 4.69) is 31.3 Å². The number of nitrogens with two attached hydrogens (primary N) is 1. The summed E-state index contributed by atoms with van der Waals surface area (Å²) in [6, 6.07) is -0.897. The summed E-state index contributed by atoms with van der Waals surface area (Å²) < 4.78 is 22.2. The van der Waals surface area contributed by atoms with Gasteiger partial charge in [0.2, 0.25) is 5.91 Å². The maximum Gasteiger partial charge on any atom is 0.472 e. The van der Waals surface area contributed by atoms with E-state index in [4.69, 9.17) is 14.8 Å². The third kappa shape index (κ3) is 43.6. The minimum Gasteiger partial charge on any atom is -0.393 e. The molecular formula is C49H99N2O7P. The third-order valence-corrected chi connectivity index (χ3v) is 12.7. The molecule has 0 radical (unpaired) electrons. The maximum atomic E-state index is 12.9. The van der Waals surface area contributed by atoms with Crippen LogP contribution in [0.15, 0.2) is 12.2 Å². The molecule has 0 aliphatic rings. The molecule has 352 valence electrons. The summed E-state index contributed by atoms with van der Waals surface area (Å²) in [7, 11) is -4.38. The lowest BCUT2D eigenvalue weighted by Crippen LogP contribution is -2.47. The van der Waals surface area contributed by atoms with E-state index in [1.54, 1.807) is 0 Å². The summed E-state index contributed by atoms with van der Waals surface area (Å²) in [5.74, 6) is -0.414. The van der Waals surface area contributed by atoms with Gasteiger partial charge in [-0.3, -0.25) is 13.8 Å². The lowest BCUT2D eigenvalue weighted by atomic mass is 10.0. The second-order valence-corrected chi connectivity index (χ2v) is 19.0. The van der Waals surface area contributed by atoms with Crippen LogP contribution in [0, 0.1) is 0 Å². The Morgan fingerprint density at radius 3 is 1.31 bits per heavy atom. The zero-order valence-electron chi connectivity index (χ0n) is 38.9. The molecule has 9 nitrogen and oxygen atoms in total. The van der Waals surface area contributed by atoms with Crippen LogP contribution in [-0.2, 0) is 18.4 Å². The van der Waals surface area contributed by atoms with Crippen molar-refractivity contribution in [3.05, 3.63) is 12.2 Å². The number of hydrogen-bond acceptors (Lipinski definition) is 7. The van der Waals surface area contributed by atoms with Crippen molar-refractivity contribution >= 4 is 13.7 Å². The number of rotatable bonds is 48. The molecule has 0 spiro atoms. The number of amides is 1. The standard InChI is InChI=1S/C49H99N2O7P/c1-3-5-7-9-11-13-15-17-19-21-22-23-25-26-28-30-32-34-36-38-40-46(52)44-49(54)51-47(45-58-59(55,56)57-43-42-50)48(53)41-39-37-35-33-31-29-27-24-20-18-16-14-12-10-8-6-4-2/h25-26,46-48,52-53H,3-24,27-45,50H2,1-2H3,(H,51,54)(H,55,56)/b26-25-. The summed E-state index contributed by atoms with van der Waals surface area (Å²) in [4.78, 5) is 22.9. The van der Waals surface area contributed by atoms with Crippen molar-refractivity contribution in [2.45, 2.75) is 276 Å². The van der Waals surface area contributed by atoms with Crippen LogP contribution in [0.2, 0.25) is 0 Å². The number of allylic oxidation sites excluding steroid dienone is 2. The van der Waals surface area contributed by atoms with Gasteiger partial charge in [0, 0.05) is 6.54 Å². The van der Waals surface area contributed by atoms with Crippen molar-refractivity contribution in [1.82, 2.24) is 5.32 Å². The highest BCUT2D eigenvalue weighted by Gasteiger charge is 2.28. The fourth-order valence-corrected chi connectivity index (χ4v) is 8.58. The molecular weight excluding hydrogens is 760 g/mol. The van der Waals surface area contributed by atoms with Gasteiger partial charge in [-0.05, 0) is 38.5 Å². The number of carbonyl (C=O) groups is 1. The van der Waals surface area contributed by atoms with Crippen molar-refractivity contribution in [2.24, 2.45) is 5.73 Å². The summed E-state index contributed by atoms with van der Waals surface area (Å²) in [6.45, 7) is 4.08. The molecule has 0 aromatic carbocycles. The SMILES string of the molecule is CCCCCCCCCCCCC/C=C\CCCCCCCC(O)CC(=O)NC(COP(=O)(O)OCCN)C(O)CCCCCCCCCCCCCCCCCCC. The lowest BCUT2D eigenvalue weighted by Gasteiger charge is -2.25. The highest BCUT2D eigenvalue weighted by atomic mass is 31.2. The Morgan fingerprint density at radius 1 is 0.559 bits per heavy atom. The van der Waals surface area contributed by atoms with E-state index in [0.717, 1.165) is 44.9 Å². The highest BCUT2D eigenvalue weighted by molar-refractivity contribution is 7.47. The summed E-state index contributed by atoms with van der Waals surface area (Å²) >= 11 is 0. The number of hydrogen-bond donors (Lipinski definition) is 5. The molecule has 0 aliphatic carbocycles. The molecule has 0 saturated heterocycles. The normalized spacial score (nSPS) is 14.5. The van der Waals surface area contributed by atoms with Gasteiger partial charge in [-0.1, -0.05) is 225 Å². The molecule has 10 heteroatoms. The zero-order valence-corrected chi connectivity index (χ0v) is 39.8. The monoisotopic (exact) mass is 859 g/mol. The number of phosphoric ester groups is 1. The van der Waals surface area contributed by atoms with E-state index in [0.29, 0.717) is 12.8 Å². The molecule has 0 heterocycles. The molecule has 6 N–H and O–H groups in total. The van der Waals surface area contributed by atoms with Crippen LogP contribution in [0.1, 0.15) is 258 Å². The lowest BCUT2D eigenvalue weighted by molar-refractivity contribution is -0.125. The van der Waals surface area contributed by atoms with E-state index in [9.17, 15) is 24.5 Å². The summed E-state index contributed by atoms with van der Waals surface area (Å²) in [6.07, 6.45) is 48.3. The predicted octanol–water partition coefficient (Wildman–Crippen LogP) is 13.7. The van der Waals surface area contributed by atoms with Crippen LogP contribution in [0.3, 0.4) is 0 Å². The largest absolute Gasteiger partial charge is 0.472 e. The third-order valence-electron chi connectivity index (χ3n) is 11.7. The molecule has 0 aliphatic heterocycles. The quantitative estimate of drug-likeness (QED) is 0.0230. The fourth-order valence-electron chi connectivity index (χ4n) is 7.82. The van der Waals surface area contributed by atoms with Crippen molar-refractivity contribution in [1.29, 1.82) is 0 Å². The molecule has 0 bridgehead atoms. The van der Waals surface area contributed by atoms with E-state index in [1.807, 2.05) is 0 Å². The number of carbonyl (C=O) groups excluding carboxylic acids is 1. The topological polar surface area (TPSA) is 151 Å². The van der Waals surface area contributed by atoms with Crippen LogP contribution < -0.4 is 11.1 Å². The Morgan fingerprint density at radius 2 is 0.915 bits per heavy atom. The van der Waals surface area contributed by atoms with Crippen molar-refractivity contribution in [3.63, 3.8) is 0 Å². The first-order valence-corrected chi connectivity index (χ1v) is 26.9. The molecule has 0 rings (SSSR count). The zero-order chi connectivity index (χ0) is 43.3. The number of nitrogens with one attached hydrogen (secondary N) is 1. The van der Waals surface area contributed by atoms with Gasteiger partial charge in [-0.15, -0.1) is 0 Å². The predicted molar refractivity (Wildman–Crippen MR) is 251 cm³/mol. The van der Waals surface area contributed by atoms with Gasteiger partial charge in [-0.25, -0.2) is 4.57 Å². The van der Waals surface area contributed by atoms with Crippen LogP contribution in [0.25, 0.3) is 0 Å². The van der Waals surface area contributed by atoms with Gasteiger partial charge >= 0.3 is 7.82 Å². The molecule has 59 heavy (non-hydrogen) atoms. The van der Waals surface area contributed by atoms with Crippen molar-refractivity contribution < 1.29 is 33.5 Å². The first kappa shape index (κ1) is 58.2. The fraction of sp³-hybridized carbons (Fsp3) is 0.939. The van der Waals surface area contributed by atoms with Crippen LogP contribution in [0.5, 0.6) is 0 Å². The average Bonchev–Trinajstić information content (AvgIpc) is 3.21. The highest BCUT2D eigenvalue weighted by Crippen LogP contribution is 2.43. The smallest absolute Gasteiger partial charge is 0.393 e. The van der Waals surface area contributed by atoms with Crippen molar-refractivity contribution in [3.8, 4) is 0 Å². The Bertz CT molecular complexity index is 955. The molecule has 0 saturated carbocycles. The van der Waals surface area contributed by atoms with Gasteiger partial charge in [0.05, 0.1) is 37.9 Å². The number of unbranched alkanes of at least 4 members (excludes halogenated alkanes) is 32. The molecule has 4 unspecified atom stereocenters. The number of aliphatic hydroxyl groups is 2. The Labute approximate surface area is 365 Å². The van der Waals surface area contributed by atoms with Gasteiger partial charge in [0.15, 0.2) is 0 Å². The first-order chi connectivity index (χ1) is 28.8. The molecule has 0 aromatic heterocycles. The molecule has 0 aromatic rings. The van der Waals surface area contributed by atoms with Gasteiger partial charge in [-0.2, -0.15) is 0 Å². The first-order valence-electron chi connectivity index (χ1n) is 25.4. The Hall–Kier alpha value is -0.800.